The number of rotatable bonds is 5. The summed E-state index contributed by atoms with van der Waals surface area (Å²) in [5.74, 6) is -2.23. The van der Waals surface area contributed by atoms with Gasteiger partial charge in [0.1, 0.15) is 5.82 Å². The summed E-state index contributed by atoms with van der Waals surface area (Å²) in [6, 6.07) is 3.84. The van der Waals surface area contributed by atoms with E-state index in [-0.39, 0.29) is 18.4 Å². The zero-order chi connectivity index (χ0) is 17.8. The number of carbonyl (C=O) groups excluding carboxylic acids is 1. The van der Waals surface area contributed by atoms with Crippen molar-refractivity contribution in [1.82, 2.24) is 19.9 Å². The molecule has 1 aliphatic heterocycles. The molecule has 0 bridgehead atoms. The number of carbonyl (C=O) groups is 2. The van der Waals surface area contributed by atoms with Crippen molar-refractivity contribution in [2.75, 3.05) is 6.54 Å². The van der Waals surface area contributed by atoms with Gasteiger partial charge in [-0.3, -0.25) is 9.48 Å². The minimum atomic E-state index is -1.32. The maximum atomic E-state index is 13.8. The predicted molar refractivity (Wildman–Crippen MR) is 86.4 cm³/mol. The third-order valence-electron chi connectivity index (χ3n) is 4.44. The lowest BCUT2D eigenvalue weighted by Crippen LogP contribution is -2.46. The molecule has 1 amide bonds. The minimum Gasteiger partial charge on any atom is -0.478 e. The van der Waals surface area contributed by atoms with Gasteiger partial charge in [0.25, 0.3) is 0 Å². The topological polar surface area (TPSA) is 88.3 Å². The molecule has 0 radical (unpaired) electrons. The Bertz CT molecular complexity index is 763. The van der Waals surface area contributed by atoms with Crippen LogP contribution in [0.25, 0.3) is 0 Å². The third kappa shape index (κ3) is 4.01. The average Bonchev–Trinajstić information content (AvgIpc) is 3.08. The van der Waals surface area contributed by atoms with Crippen LogP contribution in [0.5, 0.6) is 0 Å². The molecule has 1 N–H and O–H groups in total. The highest BCUT2D eigenvalue weighted by molar-refractivity contribution is 5.88. The highest BCUT2D eigenvalue weighted by Gasteiger charge is 2.27. The number of piperidine rings is 1. The molecule has 0 aliphatic carbocycles. The molecule has 2 aromatic rings. The molecular formula is C17H19FN4O3. The van der Waals surface area contributed by atoms with Crippen LogP contribution in [0.4, 0.5) is 4.39 Å². The molecule has 7 nitrogen and oxygen atoms in total. The molecule has 8 heteroatoms. The number of aromatic nitrogens is 3. The second kappa shape index (κ2) is 7.42. The second-order valence-electron chi connectivity index (χ2n) is 6.16. The van der Waals surface area contributed by atoms with Crippen LogP contribution in [0.1, 0.15) is 35.2 Å². The number of hydrogen-bond donors (Lipinski definition) is 1. The van der Waals surface area contributed by atoms with Gasteiger partial charge in [0.15, 0.2) is 0 Å². The Labute approximate surface area is 144 Å². The van der Waals surface area contributed by atoms with Crippen molar-refractivity contribution in [2.45, 2.75) is 38.3 Å². The first-order chi connectivity index (χ1) is 12.0. The first-order valence-corrected chi connectivity index (χ1v) is 8.20. The van der Waals surface area contributed by atoms with Crippen molar-refractivity contribution in [2.24, 2.45) is 0 Å². The van der Waals surface area contributed by atoms with E-state index in [1.54, 1.807) is 17.1 Å². The lowest BCUT2D eigenvalue weighted by molar-refractivity contribution is -0.134. The van der Waals surface area contributed by atoms with Crippen LogP contribution in [-0.4, -0.2) is 49.5 Å². The Kier molecular flexibility index (Phi) is 5.06. The number of carboxylic acid groups (broad SMARTS) is 1. The van der Waals surface area contributed by atoms with E-state index in [0.717, 1.165) is 25.3 Å². The Morgan fingerprint density at radius 3 is 2.84 bits per heavy atom. The lowest BCUT2D eigenvalue weighted by Gasteiger charge is -2.35. The normalized spacial score (nSPS) is 17.5. The standard InChI is InChI=1S/C17H19FN4O3/c18-15-9-12(4-5-14(15)17(24)25)10-16(23)22-7-2-1-3-13(22)11-21-8-6-19-20-21/h4-6,8-9,13H,1-3,7,10-11H2,(H,24,25). The van der Waals surface area contributed by atoms with E-state index in [1.807, 2.05) is 4.90 Å². The van der Waals surface area contributed by atoms with Crippen LogP contribution in [0, 0.1) is 5.82 Å². The predicted octanol–water partition coefficient (Wildman–Crippen LogP) is 1.74. The van der Waals surface area contributed by atoms with Gasteiger partial charge in [-0.1, -0.05) is 11.3 Å². The number of hydrogen-bond acceptors (Lipinski definition) is 4. The van der Waals surface area contributed by atoms with E-state index in [1.165, 1.54) is 12.1 Å². The smallest absolute Gasteiger partial charge is 0.338 e. The van der Waals surface area contributed by atoms with E-state index in [4.69, 9.17) is 5.11 Å². The van der Waals surface area contributed by atoms with Crippen molar-refractivity contribution < 1.29 is 19.1 Å². The summed E-state index contributed by atoms with van der Waals surface area (Å²) in [6.07, 6.45) is 6.28. The Hall–Kier alpha value is -2.77. The number of amides is 1. The van der Waals surface area contributed by atoms with Crippen LogP contribution in [-0.2, 0) is 17.8 Å². The van der Waals surface area contributed by atoms with Gasteiger partial charge in [-0.05, 0) is 37.0 Å². The molecule has 0 spiro atoms. The van der Waals surface area contributed by atoms with Crippen molar-refractivity contribution >= 4 is 11.9 Å². The molecule has 1 aromatic heterocycles. The second-order valence-corrected chi connectivity index (χ2v) is 6.16. The van der Waals surface area contributed by atoms with E-state index in [2.05, 4.69) is 10.3 Å². The van der Waals surface area contributed by atoms with Gasteiger partial charge < -0.3 is 10.0 Å². The fraction of sp³-hybridized carbons (Fsp3) is 0.412. The van der Waals surface area contributed by atoms with Crippen LogP contribution in [0.2, 0.25) is 0 Å². The average molecular weight is 346 g/mol. The van der Waals surface area contributed by atoms with Gasteiger partial charge in [0.05, 0.1) is 30.8 Å². The molecule has 3 rings (SSSR count). The van der Waals surface area contributed by atoms with Gasteiger partial charge in [-0.25, -0.2) is 9.18 Å². The van der Waals surface area contributed by atoms with Crippen LogP contribution < -0.4 is 0 Å². The van der Waals surface area contributed by atoms with Crippen LogP contribution in [0.3, 0.4) is 0 Å². The molecule has 1 unspecified atom stereocenters. The summed E-state index contributed by atoms with van der Waals surface area (Å²) in [6.45, 7) is 1.24. The van der Waals surface area contributed by atoms with E-state index < -0.39 is 17.3 Å². The van der Waals surface area contributed by atoms with Crippen molar-refractivity contribution in [1.29, 1.82) is 0 Å². The van der Waals surface area contributed by atoms with E-state index >= 15 is 0 Å². The van der Waals surface area contributed by atoms with Crippen molar-refractivity contribution in [3.63, 3.8) is 0 Å². The van der Waals surface area contributed by atoms with Gasteiger partial charge in [-0.15, -0.1) is 5.10 Å². The zero-order valence-electron chi connectivity index (χ0n) is 13.6. The number of benzene rings is 1. The number of halogens is 1. The first kappa shape index (κ1) is 17.1. The molecular weight excluding hydrogens is 327 g/mol. The summed E-state index contributed by atoms with van der Waals surface area (Å²) >= 11 is 0. The van der Waals surface area contributed by atoms with E-state index in [9.17, 15) is 14.0 Å². The summed E-state index contributed by atoms with van der Waals surface area (Å²) in [5.41, 5.74) is 0.0795. The summed E-state index contributed by atoms with van der Waals surface area (Å²) < 4.78 is 15.5. The molecule has 132 valence electrons. The van der Waals surface area contributed by atoms with Crippen molar-refractivity contribution in [3.05, 3.63) is 47.5 Å². The Morgan fingerprint density at radius 1 is 1.32 bits per heavy atom. The number of aromatic carboxylic acids is 1. The van der Waals surface area contributed by atoms with Gasteiger partial charge in [0, 0.05) is 12.7 Å². The SMILES string of the molecule is O=C(O)c1ccc(CC(=O)N2CCCCC2Cn2ccnn2)cc1F. The highest BCUT2D eigenvalue weighted by atomic mass is 19.1. The molecule has 1 aromatic carbocycles. The van der Waals surface area contributed by atoms with Gasteiger partial charge in [-0.2, -0.15) is 0 Å². The molecule has 1 saturated heterocycles. The highest BCUT2D eigenvalue weighted by Crippen LogP contribution is 2.20. The first-order valence-electron chi connectivity index (χ1n) is 8.20. The van der Waals surface area contributed by atoms with Gasteiger partial charge >= 0.3 is 5.97 Å². The van der Waals surface area contributed by atoms with E-state index in [0.29, 0.717) is 18.7 Å². The molecule has 2 heterocycles. The number of nitrogens with zero attached hydrogens (tertiary/aromatic N) is 4. The summed E-state index contributed by atoms with van der Waals surface area (Å²) in [7, 11) is 0. The maximum absolute atomic E-state index is 13.8. The monoisotopic (exact) mass is 346 g/mol. The van der Waals surface area contributed by atoms with Gasteiger partial charge in [0.2, 0.25) is 5.91 Å². The fourth-order valence-corrected chi connectivity index (χ4v) is 3.18. The lowest BCUT2D eigenvalue weighted by atomic mass is 10.0. The largest absolute Gasteiger partial charge is 0.478 e. The van der Waals surface area contributed by atoms with Crippen LogP contribution >= 0.6 is 0 Å². The third-order valence-corrected chi connectivity index (χ3v) is 4.44. The minimum absolute atomic E-state index is 0.0334. The number of carboxylic acids is 1. The molecule has 1 aliphatic rings. The summed E-state index contributed by atoms with van der Waals surface area (Å²) in [5, 5.41) is 16.6. The maximum Gasteiger partial charge on any atom is 0.338 e. The molecule has 25 heavy (non-hydrogen) atoms. The zero-order valence-corrected chi connectivity index (χ0v) is 13.6. The molecule has 1 atom stereocenters. The fourth-order valence-electron chi connectivity index (χ4n) is 3.18. The molecule has 1 fully saturated rings. The quantitative estimate of drug-likeness (QED) is 0.891. The Morgan fingerprint density at radius 2 is 2.16 bits per heavy atom. The summed E-state index contributed by atoms with van der Waals surface area (Å²) in [4.78, 5) is 25.4. The van der Waals surface area contributed by atoms with Crippen LogP contribution in [0.15, 0.2) is 30.6 Å². The van der Waals surface area contributed by atoms with Crippen molar-refractivity contribution in [3.8, 4) is 0 Å². The Balaban J connectivity index is 1.70. The molecule has 0 saturated carbocycles. The number of likely N-dealkylation sites (tertiary alicyclic amines) is 1.